The lowest BCUT2D eigenvalue weighted by Gasteiger charge is -2.09. The number of benzene rings is 1. The number of ether oxygens (including phenoxy) is 1. The third-order valence-electron chi connectivity index (χ3n) is 3.07. The van der Waals surface area contributed by atoms with E-state index in [1.54, 1.807) is 12.1 Å². The first-order chi connectivity index (χ1) is 12.3. The number of anilines is 1. The quantitative estimate of drug-likeness (QED) is 0.667. The second-order valence-electron chi connectivity index (χ2n) is 5.16. The van der Waals surface area contributed by atoms with Gasteiger partial charge in [-0.1, -0.05) is 11.8 Å². The molecular formula is C16H12F3N3O3S. The minimum Gasteiger partial charge on any atom is -0.430 e. The number of nitrogens with zero attached hydrogens (tertiary/aromatic N) is 2. The van der Waals surface area contributed by atoms with Gasteiger partial charge in [-0.15, -0.1) is 13.2 Å². The highest BCUT2D eigenvalue weighted by molar-refractivity contribution is 7.99. The van der Waals surface area contributed by atoms with E-state index in [0.29, 0.717) is 22.1 Å². The molecule has 1 amide bonds. The average Bonchev–Trinajstić information content (AvgIpc) is 2.95. The first-order valence-corrected chi connectivity index (χ1v) is 8.30. The van der Waals surface area contributed by atoms with Crippen LogP contribution in [-0.4, -0.2) is 28.0 Å². The Bertz CT molecular complexity index is 926. The van der Waals surface area contributed by atoms with Gasteiger partial charge in [-0.05, 0) is 43.3 Å². The molecule has 136 valence electrons. The zero-order chi connectivity index (χ0) is 18.7. The second kappa shape index (κ2) is 7.24. The van der Waals surface area contributed by atoms with Crippen LogP contribution in [0.1, 0.15) is 5.69 Å². The van der Waals surface area contributed by atoms with E-state index in [2.05, 4.69) is 20.0 Å². The van der Waals surface area contributed by atoms with Crippen LogP contribution in [0.15, 0.2) is 46.0 Å². The third-order valence-corrected chi connectivity index (χ3v) is 3.90. The van der Waals surface area contributed by atoms with Crippen molar-refractivity contribution >= 4 is 34.6 Å². The number of halogens is 3. The van der Waals surface area contributed by atoms with Crippen LogP contribution in [0.4, 0.5) is 18.9 Å². The summed E-state index contributed by atoms with van der Waals surface area (Å²) < 4.78 is 45.5. The molecule has 2 aromatic heterocycles. The molecule has 0 fully saturated rings. The molecule has 0 radical (unpaired) electrons. The molecule has 1 N–H and O–H groups in total. The van der Waals surface area contributed by atoms with E-state index >= 15 is 0 Å². The van der Waals surface area contributed by atoms with Gasteiger partial charge in [0.2, 0.25) is 5.91 Å². The smallest absolute Gasteiger partial charge is 0.430 e. The topological polar surface area (TPSA) is 77.2 Å². The Balaban J connectivity index is 1.54. The first-order valence-electron chi connectivity index (χ1n) is 7.31. The summed E-state index contributed by atoms with van der Waals surface area (Å²) in [5, 5.41) is 2.87. The van der Waals surface area contributed by atoms with Crippen molar-refractivity contribution in [3.05, 3.63) is 42.1 Å². The molecule has 3 aromatic rings. The molecule has 1 aromatic carbocycles. The van der Waals surface area contributed by atoms with E-state index < -0.39 is 6.36 Å². The number of oxazole rings is 1. The first kappa shape index (κ1) is 18.1. The maximum Gasteiger partial charge on any atom is 0.573 e. The number of carbonyl (C=O) groups is 1. The largest absolute Gasteiger partial charge is 0.573 e. The monoisotopic (exact) mass is 383 g/mol. The summed E-state index contributed by atoms with van der Waals surface area (Å²) >= 11 is 1.09. The van der Waals surface area contributed by atoms with Gasteiger partial charge in [-0.2, -0.15) is 4.98 Å². The lowest BCUT2D eigenvalue weighted by Crippen LogP contribution is -2.17. The summed E-state index contributed by atoms with van der Waals surface area (Å²) in [6.45, 7) is 1.83. The van der Waals surface area contributed by atoms with Gasteiger partial charge in [-0.25, -0.2) is 4.98 Å². The van der Waals surface area contributed by atoms with E-state index in [-0.39, 0.29) is 17.4 Å². The molecular weight excluding hydrogens is 371 g/mol. The van der Waals surface area contributed by atoms with E-state index in [9.17, 15) is 18.0 Å². The fourth-order valence-corrected chi connectivity index (χ4v) is 2.65. The van der Waals surface area contributed by atoms with Gasteiger partial charge >= 0.3 is 6.36 Å². The van der Waals surface area contributed by atoms with Crippen molar-refractivity contribution in [3.8, 4) is 5.75 Å². The van der Waals surface area contributed by atoms with Crippen LogP contribution in [0.2, 0.25) is 0 Å². The zero-order valence-corrected chi connectivity index (χ0v) is 14.1. The minimum atomic E-state index is -4.76. The standard InChI is InChI=1S/C16H12F3N3O3S/c1-9-2-7-12-14(20-9)22-15(24-12)26-8-13(23)21-10-3-5-11(6-4-10)25-16(17,18)19/h2-7H,8H2,1H3,(H,21,23). The molecule has 6 nitrogen and oxygen atoms in total. The normalized spacial score (nSPS) is 11.5. The van der Waals surface area contributed by atoms with Crippen molar-refractivity contribution in [2.24, 2.45) is 0 Å². The number of hydrogen-bond donors (Lipinski definition) is 1. The molecule has 0 aliphatic heterocycles. The van der Waals surface area contributed by atoms with Crippen molar-refractivity contribution in [1.29, 1.82) is 0 Å². The highest BCUT2D eigenvalue weighted by Crippen LogP contribution is 2.25. The van der Waals surface area contributed by atoms with E-state index in [1.807, 2.05) is 6.92 Å². The SMILES string of the molecule is Cc1ccc2oc(SCC(=O)Nc3ccc(OC(F)(F)F)cc3)nc2n1. The molecule has 0 aliphatic carbocycles. The van der Waals surface area contributed by atoms with Crippen LogP contribution in [-0.2, 0) is 4.79 Å². The molecule has 0 atom stereocenters. The molecule has 0 saturated heterocycles. The fraction of sp³-hybridized carbons (Fsp3) is 0.188. The number of amides is 1. The van der Waals surface area contributed by atoms with Crippen LogP contribution in [0.5, 0.6) is 5.75 Å². The number of aromatic nitrogens is 2. The summed E-state index contributed by atoms with van der Waals surface area (Å²) in [7, 11) is 0. The summed E-state index contributed by atoms with van der Waals surface area (Å²) in [5.41, 5.74) is 2.14. The van der Waals surface area contributed by atoms with Gasteiger partial charge in [-0.3, -0.25) is 4.79 Å². The third kappa shape index (κ3) is 4.88. The molecule has 0 unspecified atom stereocenters. The number of hydrogen-bond acceptors (Lipinski definition) is 6. The van der Waals surface area contributed by atoms with Gasteiger partial charge < -0.3 is 14.5 Å². The number of alkyl halides is 3. The Morgan fingerprint density at radius 3 is 2.62 bits per heavy atom. The Morgan fingerprint density at radius 2 is 1.92 bits per heavy atom. The maximum absolute atomic E-state index is 12.1. The average molecular weight is 383 g/mol. The summed E-state index contributed by atoms with van der Waals surface area (Å²) in [5.74, 6) is -0.697. The molecule has 26 heavy (non-hydrogen) atoms. The van der Waals surface area contributed by atoms with Crippen molar-refractivity contribution in [3.63, 3.8) is 0 Å². The van der Waals surface area contributed by atoms with Crippen molar-refractivity contribution in [1.82, 2.24) is 9.97 Å². The number of thioether (sulfide) groups is 1. The van der Waals surface area contributed by atoms with Crippen molar-refractivity contribution in [2.75, 3.05) is 11.1 Å². The van der Waals surface area contributed by atoms with Gasteiger partial charge in [0.1, 0.15) is 5.75 Å². The van der Waals surface area contributed by atoms with Crippen LogP contribution >= 0.6 is 11.8 Å². The molecule has 3 rings (SSSR count). The van der Waals surface area contributed by atoms with Crippen LogP contribution in [0.3, 0.4) is 0 Å². The summed E-state index contributed by atoms with van der Waals surface area (Å²) in [6.07, 6.45) is -4.76. The predicted octanol–water partition coefficient (Wildman–Crippen LogP) is 4.16. The van der Waals surface area contributed by atoms with E-state index in [1.165, 1.54) is 12.1 Å². The molecule has 0 spiro atoms. The van der Waals surface area contributed by atoms with Crippen LogP contribution < -0.4 is 10.1 Å². The molecule has 0 saturated carbocycles. The fourth-order valence-electron chi connectivity index (χ4n) is 2.02. The molecule has 0 bridgehead atoms. The summed E-state index contributed by atoms with van der Waals surface area (Å²) in [6, 6.07) is 8.40. The van der Waals surface area contributed by atoms with Gasteiger partial charge in [0.15, 0.2) is 11.2 Å². The number of fused-ring (bicyclic) bond motifs is 1. The lowest BCUT2D eigenvalue weighted by molar-refractivity contribution is -0.274. The Labute approximate surface area is 149 Å². The van der Waals surface area contributed by atoms with Gasteiger partial charge in [0, 0.05) is 11.4 Å². The minimum absolute atomic E-state index is 0.0204. The predicted molar refractivity (Wildman–Crippen MR) is 89.0 cm³/mol. The zero-order valence-electron chi connectivity index (χ0n) is 13.3. The van der Waals surface area contributed by atoms with E-state index in [0.717, 1.165) is 29.6 Å². The maximum atomic E-state index is 12.1. The lowest BCUT2D eigenvalue weighted by atomic mass is 10.3. The molecule has 0 aliphatic rings. The molecule has 2 heterocycles. The summed E-state index contributed by atoms with van der Waals surface area (Å²) in [4.78, 5) is 20.3. The van der Waals surface area contributed by atoms with Crippen LogP contribution in [0.25, 0.3) is 11.2 Å². The van der Waals surface area contributed by atoms with Crippen molar-refractivity contribution in [2.45, 2.75) is 18.5 Å². The molecule has 10 heteroatoms. The van der Waals surface area contributed by atoms with Gasteiger partial charge in [0.05, 0.1) is 5.75 Å². The van der Waals surface area contributed by atoms with Gasteiger partial charge in [0.25, 0.3) is 5.22 Å². The highest BCUT2D eigenvalue weighted by Gasteiger charge is 2.30. The number of nitrogens with one attached hydrogen (secondary N) is 1. The number of aryl methyl sites for hydroxylation is 1. The Hall–Kier alpha value is -2.75. The second-order valence-corrected chi connectivity index (χ2v) is 6.09. The Kier molecular flexibility index (Phi) is 5.03. The van der Waals surface area contributed by atoms with Crippen molar-refractivity contribution < 1.29 is 27.1 Å². The van der Waals surface area contributed by atoms with E-state index in [4.69, 9.17) is 4.42 Å². The number of rotatable bonds is 5. The Morgan fingerprint density at radius 1 is 1.19 bits per heavy atom. The van der Waals surface area contributed by atoms with Crippen LogP contribution in [0, 0.1) is 6.92 Å². The highest BCUT2D eigenvalue weighted by atomic mass is 32.2. The number of pyridine rings is 1. The number of carbonyl (C=O) groups excluding carboxylic acids is 1.